The molecule has 0 saturated carbocycles. The van der Waals surface area contributed by atoms with Gasteiger partial charge in [-0.25, -0.2) is 0 Å². The van der Waals surface area contributed by atoms with Crippen molar-refractivity contribution >= 4 is 23.2 Å². The third-order valence-corrected chi connectivity index (χ3v) is 5.29. The van der Waals surface area contributed by atoms with Gasteiger partial charge in [-0.2, -0.15) is 0 Å². The van der Waals surface area contributed by atoms with E-state index < -0.39 is 11.8 Å². The van der Waals surface area contributed by atoms with Crippen LogP contribution in [0.3, 0.4) is 0 Å². The van der Waals surface area contributed by atoms with E-state index in [2.05, 4.69) is 16.3 Å². The highest BCUT2D eigenvalue weighted by Gasteiger charge is 2.31. The van der Waals surface area contributed by atoms with Crippen molar-refractivity contribution in [3.05, 3.63) is 22.4 Å². The van der Waals surface area contributed by atoms with E-state index in [1.54, 1.807) is 11.3 Å². The maximum Gasteiger partial charge on any atom is 0.311 e. The molecule has 2 atom stereocenters. The first-order valence-corrected chi connectivity index (χ1v) is 9.41. The van der Waals surface area contributed by atoms with Crippen LogP contribution in [0.5, 0.6) is 0 Å². The summed E-state index contributed by atoms with van der Waals surface area (Å²) in [6.45, 7) is 9.83. The molecule has 0 aliphatic carbocycles. The normalized spacial score (nSPS) is 18.0. The highest BCUT2D eigenvalue weighted by Crippen LogP contribution is 2.29. The number of likely N-dealkylation sites (N-methyl/N-ethyl adjacent to an activating group) is 1. The Morgan fingerprint density at radius 1 is 1.33 bits per heavy atom. The summed E-state index contributed by atoms with van der Waals surface area (Å²) in [4.78, 5) is 29.6. The molecule has 7 heteroatoms. The quantitative estimate of drug-likeness (QED) is 0.787. The molecule has 1 aromatic heterocycles. The van der Waals surface area contributed by atoms with E-state index in [1.165, 1.54) is 9.78 Å². The largest absolute Gasteiger partial charge is 0.379 e. The molecule has 2 rings (SSSR count). The van der Waals surface area contributed by atoms with Gasteiger partial charge in [-0.3, -0.25) is 14.5 Å². The minimum atomic E-state index is -0.527. The van der Waals surface area contributed by atoms with Crippen LogP contribution in [0.2, 0.25) is 0 Å². The zero-order chi connectivity index (χ0) is 17.5. The fourth-order valence-electron chi connectivity index (χ4n) is 3.06. The number of hydrogen-bond donors (Lipinski definition) is 1. The van der Waals surface area contributed by atoms with E-state index in [9.17, 15) is 9.59 Å². The summed E-state index contributed by atoms with van der Waals surface area (Å²) in [6, 6.07) is 4.00. The van der Waals surface area contributed by atoms with Crippen LogP contribution in [-0.4, -0.2) is 67.0 Å². The van der Waals surface area contributed by atoms with Crippen LogP contribution in [0.25, 0.3) is 0 Å². The zero-order valence-electron chi connectivity index (χ0n) is 14.7. The van der Waals surface area contributed by atoms with Crippen molar-refractivity contribution in [2.24, 2.45) is 0 Å². The van der Waals surface area contributed by atoms with Crippen LogP contribution in [0.4, 0.5) is 0 Å². The van der Waals surface area contributed by atoms with E-state index in [0.29, 0.717) is 26.3 Å². The molecule has 2 amide bonds. The molecule has 1 fully saturated rings. The summed E-state index contributed by atoms with van der Waals surface area (Å²) in [5.41, 5.74) is 0. The number of nitrogens with one attached hydrogen (secondary N) is 1. The molecule has 0 spiro atoms. The monoisotopic (exact) mass is 353 g/mol. The molecule has 1 N–H and O–H groups in total. The van der Waals surface area contributed by atoms with Crippen molar-refractivity contribution in [1.29, 1.82) is 0 Å². The van der Waals surface area contributed by atoms with Crippen LogP contribution in [0, 0.1) is 0 Å². The lowest BCUT2D eigenvalue weighted by Gasteiger charge is -2.37. The van der Waals surface area contributed by atoms with Gasteiger partial charge in [0.25, 0.3) is 0 Å². The maximum absolute atomic E-state index is 12.3. The summed E-state index contributed by atoms with van der Waals surface area (Å²) in [6.07, 6.45) is 0. The van der Waals surface area contributed by atoms with E-state index >= 15 is 0 Å². The van der Waals surface area contributed by atoms with Crippen LogP contribution in [0.1, 0.15) is 31.7 Å². The first-order valence-electron chi connectivity index (χ1n) is 8.53. The van der Waals surface area contributed by atoms with Crippen molar-refractivity contribution in [3.63, 3.8) is 0 Å². The van der Waals surface area contributed by atoms with Crippen molar-refractivity contribution in [3.8, 4) is 0 Å². The molecule has 0 aromatic carbocycles. The first kappa shape index (κ1) is 18.9. The van der Waals surface area contributed by atoms with Gasteiger partial charge < -0.3 is 15.0 Å². The Hall–Kier alpha value is -1.44. The molecule has 2 heterocycles. The van der Waals surface area contributed by atoms with Gasteiger partial charge >= 0.3 is 11.8 Å². The molecule has 0 bridgehead atoms. The third kappa shape index (κ3) is 4.55. The highest BCUT2D eigenvalue weighted by molar-refractivity contribution is 7.10. The van der Waals surface area contributed by atoms with Crippen LogP contribution in [-0.2, 0) is 14.3 Å². The number of nitrogens with zero attached hydrogens (tertiary/aromatic N) is 2. The van der Waals surface area contributed by atoms with Gasteiger partial charge in [-0.15, -0.1) is 11.3 Å². The summed E-state index contributed by atoms with van der Waals surface area (Å²) < 4.78 is 5.44. The predicted octanol–water partition coefficient (Wildman–Crippen LogP) is 1.49. The molecule has 1 aliphatic rings. The summed E-state index contributed by atoms with van der Waals surface area (Å²) >= 11 is 1.67. The molecular formula is C17H27N3O3S. The van der Waals surface area contributed by atoms with Crippen molar-refractivity contribution in [2.75, 3.05) is 39.4 Å². The predicted molar refractivity (Wildman–Crippen MR) is 95.0 cm³/mol. The first-order chi connectivity index (χ1) is 11.6. The Balaban J connectivity index is 2.08. The molecule has 24 heavy (non-hydrogen) atoms. The lowest BCUT2D eigenvalue weighted by molar-refractivity contribution is -0.146. The highest BCUT2D eigenvalue weighted by atomic mass is 32.1. The molecule has 6 nitrogen and oxygen atoms in total. The second-order valence-corrected chi connectivity index (χ2v) is 6.83. The van der Waals surface area contributed by atoms with Gasteiger partial charge in [0.05, 0.1) is 19.3 Å². The Morgan fingerprint density at radius 2 is 2.00 bits per heavy atom. The topological polar surface area (TPSA) is 61.9 Å². The van der Waals surface area contributed by atoms with Gasteiger partial charge in [0.1, 0.15) is 0 Å². The minimum absolute atomic E-state index is 0.0577. The smallest absolute Gasteiger partial charge is 0.311 e. The van der Waals surface area contributed by atoms with Gasteiger partial charge in [-0.05, 0) is 32.2 Å². The number of hydrogen-bond acceptors (Lipinski definition) is 5. The Labute approximate surface area is 147 Å². The summed E-state index contributed by atoms with van der Waals surface area (Å²) in [5.74, 6) is -0.986. The third-order valence-electron chi connectivity index (χ3n) is 4.35. The van der Waals surface area contributed by atoms with Crippen molar-refractivity contribution in [2.45, 2.75) is 32.9 Å². The number of ether oxygens (including phenoxy) is 1. The number of thiophene rings is 1. The molecule has 134 valence electrons. The van der Waals surface area contributed by atoms with E-state index in [1.807, 2.05) is 32.2 Å². The fraction of sp³-hybridized carbons (Fsp3) is 0.647. The van der Waals surface area contributed by atoms with Crippen molar-refractivity contribution < 1.29 is 14.3 Å². The SMILES string of the molecule is CCN(CC)C(=O)C(=O)N[C@@H](C)[C@H](c1cccs1)N1CCOCC1. The van der Waals surface area contributed by atoms with Crippen molar-refractivity contribution in [1.82, 2.24) is 15.1 Å². The van der Waals surface area contributed by atoms with Crippen LogP contribution < -0.4 is 5.32 Å². The Bertz CT molecular complexity index is 525. The standard InChI is InChI=1S/C17H27N3O3S/c1-4-19(5-2)17(22)16(21)18-13(3)15(14-7-6-12-24-14)20-8-10-23-11-9-20/h6-7,12-13,15H,4-5,8-11H2,1-3H3,(H,18,21)/t13-,15+/m0/s1. The zero-order valence-corrected chi connectivity index (χ0v) is 15.5. The number of carbonyl (C=O) groups excluding carboxylic acids is 2. The van der Waals surface area contributed by atoms with Gasteiger partial charge in [0.15, 0.2) is 0 Å². The lowest BCUT2D eigenvalue weighted by Crippen LogP contribution is -2.51. The Kier molecular flexibility index (Phi) is 7.20. The average molecular weight is 353 g/mol. The maximum atomic E-state index is 12.3. The number of rotatable bonds is 6. The molecular weight excluding hydrogens is 326 g/mol. The summed E-state index contributed by atoms with van der Waals surface area (Å²) in [7, 11) is 0. The van der Waals surface area contributed by atoms with E-state index in [4.69, 9.17) is 4.74 Å². The molecule has 1 saturated heterocycles. The van der Waals surface area contributed by atoms with Gasteiger partial charge in [0.2, 0.25) is 0 Å². The average Bonchev–Trinajstić information content (AvgIpc) is 3.11. The molecule has 1 aliphatic heterocycles. The number of amides is 2. The molecule has 1 aromatic rings. The summed E-state index contributed by atoms with van der Waals surface area (Å²) in [5, 5.41) is 4.95. The number of morpholine rings is 1. The lowest BCUT2D eigenvalue weighted by atomic mass is 10.1. The molecule has 0 radical (unpaired) electrons. The Morgan fingerprint density at radius 3 is 2.54 bits per heavy atom. The van der Waals surface area contributed by atoms with Gasteiger partial charge in [-0.1, -0.05) is 6.07 Å². The fourth-order valence-corrected chi connectivity index (χ4v) is 4.02. The number of carbonyl (C=O) groups is 2. The van der Waals surface area contributed by atoms with E-state index in [-0.39, 0.29) is 12.1 Å². The second-order valence-electron chi connectivity index (χ2n) is 5.85. The molecule has 0 unspecified atom stereocenters. The minimum Gasteiger partial charge on any atom is -0.379 e. The van der Waals surface area contributed by atoms with Crippen LogP contribution in [0.15, 0.2) is 17.5 Å². The van der Waals surface area contributed by atoms with E-state index in [0.717, 1.165) is 13.1 Å². The van der Waals surface area contributed by atoms with Crippen LogP contribution >= 0.6 is 11.3 Å². The van der Waals surface area contributed by atoms with Gasteiger partial charge in [0, 0.05) is 37.1 Å². The second kappa shape index (κ2) is 9.15.